The lowest BCUT2D eigenvalue weighted by Crippen LogP contribution is -2.34. The molecule has 0 spiro atoms. The Labute approximate surface area is 186 Å². The van der Waals surface area contributed by atoms with Crippen molar-refractivity contribution in [2.24, 2.45) is 0 Å². The predicted octanol–water partition coefficient (Wildman–Crippen LogP) is 6.98. The van der Waals surface area contributed by atoms with Crippen LogP contribution in [0, 0.1) is 11.3 Å². The van der Waals surface area contributed by atoms with E-state index in [1.807, 2.05) is 12.1 Å². The zero-order valence-corrected chi connectivity index (χ0v) is 21.0. The summed E-state index contributed by atoms with van der Waals surface area (Å²) in [5.74, 6) is 0.582. The molecule has 1 aromatic carbocycles. The fourth-order valence-electron chi connectivity index (χ4n) is 4.18. The van der Waals surface area contributed by atoms with Crippen LogP contribution in [0.4, 0.5) is 5.69 Å². The molecule has 1 atom stereocenters. The maximum absolute atomic E-state index is 9.24. The van der Waals surface area contributed by atoms with Crippen LogP contribution in [0.3, 0.4) is 0 Å². The summed E-state index contributed by atoms with van der Waals surface area (Å²) in [6.45, 7) is 10.7. The molecule has 0 radical (unpaired) electrons. The normalized spacial score (nSPS) is 12.5. The standard InChI is InChI=1S/C25H44N2O2Si/c1-5-8-16-25(17-9-6-2,18-10-7-3)30(4)29-20-12-11-19-28-24-15-13-14-23(27)22(24)21-26/h13-15,30H,5-12,16-20,27H2,1-4H3. The van der Waals surface area contributed by atoms with Crippen molar-refractivity contribution >= 4 is 14.7 Å². The number of hydrogen-bond acceptors (Lipinski definition) is 4. The third kappa shape index (κ3) is 8.69. The molecule has 170 valence electrons. The van der Waals surface area contributed by atoms with Gasteiger partial charge >= 0.3 is 0 Å². The fourth-order valence-corrected chi connectivity index (χ4v) is 6.89. The highest BCUT2D eigenvalue weighted by molar-refractivity contribution is 6.54. The van der Waals surface area contributed by atoms with E-state index in [0.29, 0.717) is 28.6 Å². The van der Waals surface area contributed by atoms with Gasteiger partial charge in [0.15, 0.2) is 9.04 Å². The Morgan fingerprint density at radius 1 is 0.933 bits per heavy atom. The average Bonchev–Trinajstić information content (AvgIpc) is 2.75. The van der Waals surface area contributed by atoms with Gasteiger partial charge in [0.25, 0.3) is 0 Å². The first-order chi connectivity index (χ1) is 14.5. The molecule has 0 aliphatic heterocycles. The Hall–Kier alpha value is -1.51. The van der Waals surface area contributed by atoms with E-state index < -0.39 is 9.04 Å². The average molecular weight is 433 g/mol. The van der Waals surface area contributed by atoms with Crippen molar-refractivity contribution in [2.75, 3.05) is 18.9 Å². The number of benzene rings is 1. The van der Waals surface area contributed by atoms with E-state index in [1.54, 1.807) is 6.07 Å². The summed E-state index contributed by atoms with van der Waals surface area (Å²) in [6.07, 6.45) is 13.7. The van der Waals surface area contributed by atoms with Crippen LogP contribution < -0.4 is 10.5 Å². The minimum atomic E-state index is -1.28. The molecular formula is C25H44N2O2Si. The number of anilines is 1. The van der Waals surface area contributed by atoms with Gasteiger partial charge in [-0.25, -0.2) is 0 Å². The van der Waals surface area contributed by atoms with Crippen molar-refractivity contribution in [3.8, 4) is 11.8 Å². The zero-order valence-electron chi connectivity index (χ0n) is 19.8. The van der Waals surface area contributed by atoms with E-state index in [2.05, 4.69) is 33.4 Å². The molecule has 1 unspecified atom stereocenters. The number of nitriles is 1. The summed E-state index contributed by atoms with van der Waals surface area (Å²) in [5.41, 5.74) is 6.75. The van der Waals surface area contributed by atoms with Crippen LogP contribution in [0.2, 0.25) is 11.6 Å². The largest absolute Gasteiger partial charge is 0.492 e. The molecule has 0 aliphatic carbocycles. The third-order valence-electron chi connectivity index (χ3n) is 6.28. The van der Waals surface area contributed by atoms with Gasteiger partial charge in [0.2, 0.25) is 0 Å². The van der Waals surface area contributed by atoms with Crippen LogP contribution in [-0.2, 0) is 4.43 Å². The summed E-state index contributed by atoms with van der Waals surface area (Å²) >= 11 is 0. The lowest BCUT2D eigenvalue weighted by Gasteiger charge is -2.39. The third-order valence-corrected chi connectivity index (χ3v) is 9.61. The number of nitrogen functional groups attached to an aromatic ring is 1. The van der Waals surface area contributed by atoms with Crippen LogP contribution in [0.15, 0.2) is 18.2 Å². The molecular weight excluding hydrogens is 388 g/mol. The Bertz CT molecular complexity index is 608. The minimum absolute atomic E-state index is 0.433. The Kier molecular flexibility index (Phi) is 13.5. The summed E-state index contributed by atoms with van der Waals surface area (Å²) in [4.78, 5) is 0. The van der Waals surface area contributed by atoms with E-state index in [-0.39, 0.29) is 0 Å². The number of ether oxygens (including phenoxy) is 1. The first kappa shape index (κ1) is 26.5. The van der Waals surface area contributed by atoms with Gasteiger partial charge in [-0.05, 0) is 55.8 Å². The molecule has 30 heavy (non-hydrogen) atoms. The topological polar surface area (TPSA) is 68.3 Å². The van der Waals surface area contributed by atoms with Gasteiger partial charge in [-0.3, -0.25) is 0 Å². The number of unbranched alkanes of at least 4 members (excludes halogenated alkanes) is 4. The van der Waals surface area contributed by atoms with Crippen molar-refractivity contribution < 1.29 is 9.16 Å². The molecule has 0 aromatic heterocycles. The predicted molar refractivity (Wildman–Crippen MR) is 131 cm³/mol. The second-order valence-corrected chi connectivity index (χ2v) is 11.4. The Balaban J connectivity index is 2.51. The fraction of sp³-hybridized carbons (Fsp3) is 0.720. The summed E-state index contributed by atoms with van der Waals surface area (Å²) < 4.78 is 12.3. The monoisotopic (exact) mass is 432 g/mol. The van der Waals surface area contributed by atoms with Gasteiger partial charge in [0.1, 0.15) is 17.4 Å². The number of hydrogen-bond donors (Lipinski definition) is 1. The molecule has 0 bridgehead atoms. The minimum Gasteiger partial charge on any atom is -0.492 e. The smallest absolute Gasteiger partial charge is 0.179 e. The molecule has 0 amide bonds. The number of rotatable bonds is 17. The molecule has 1 aromatic rings. The van der Waals surface area contributed by atoms with Gasteiger partial charge in [0, 0.05) is 6.61 Å². The highest BCUT2D eigenvalue weighted by Gasteiger charge is 2.36. The number of nitrogens with zero attached hydrogens (tertiary/aromatic N) is 1. The maximum Gasteiger partial charge on any atom is 0.179 e. The van der Waals surface area contributed by atoms with Gasteiger partial charge < -0.3 is 14.9 Å². The van der Waals surface area contributed by atoms with Gasteiger partial charge in [-0.2, -0.15) is 5.26 Å². The van der Waals surface area contributed by atoms with Crippen molar-refractivity contribution in [3.05, 3.63) is 23.8 Å². The van der Waals surface area contributed by atoms with Crippen LogP contribution in [-0.4, -0.2) is 22.3 Å². The van der Waals surface area contributed by atoms with Crippen molar-refractivity contribution in [3.63, 3.8) is 0 Å². The van der Waals surface area contributed by atoms with Gasteiger partial charge in [0.05, 0.1) is 12.3 Å². The Morgan fingerprint density at radius 3 is 2.03 bits per heavy atom. The van der Waals surface area contributed by atoms with Crippen LogP contribution >= 0.6 is 0 Å². The van der Waals surface area contributed by atoms with Crippen LogP contribution in [0.25, 0.3) is 0 Å². The van der Waals surface area contributed by atoms with Crippen molar-refractivity contribution in [1.82, 2.24) is 0 Å². The molecule has 4 nitrogen and oxygen atoms in total. The van der Waals surface area contributed by atoms with Crippen molar-refractivity contribution in [2.45, 2.75) is 103 Å². The molecule has 0 fully saturated rings. The first-order valence-electron chi connectivity index (χ1n) is 12.1. The van der Waals surface area contributed by atoms with Gasteiger partial charge in [-0.15, -0.1) is 0 Å². The second-order valence-electron chi connectivity index (χ2n) is 8.57. The molecule has 5 heteroatoms. The molecule has 0 saturated carbocycles. The molecule has 0 saturated heterocycles. The number of nitrogens with two attached hydrogens (primary N) is 1. The Morgan fingerprint density at radius 2 is 1.50 bits per heavy atom. The lowest BCUT2D eigenvalue weighted by molar-refractivity contribution is 0.245. The summed E-state index contributed by atoms with van der Waals surface area (Å²) in [7, 11) is -1.28. The maximum atomic E-state index is 9.24. The van der Waals surface area contributed by atoms with E-state index in [1.165, 1.54) is 57.8 Å². The van der Waals surface area contributed by atoms with E-state index >= 15 is 0 Å². The molecule has 2 N–H and O–H groups in total. The lowest BCUT2D eigenvalue weighted by atomic mass is 9.89. The molecule has 0 aliphatic rings. The quantitative estimate of drug-likeness (QED) is 0.164. The molecule has 1 rings (SSSR count). The zero-order chi connectivity index (χ0) is 22.2. The van der Waals surface area contributed by atoms with Crippen molar-refractivity contribution in [1.29, 1.82) is 5.26 Å². The van der Waals surface area contributed by atoms with Gasteiger partial charge in [-0.1, -0.05) is 65.4 Å². The first-order valence-corrected chi connectivity index (χ1v) is 14.3. The SMILES string of the molecule is CCCCC(CCCC)(CCCC)[SiH](C)OCCCCOc1cccc(N)c1C#N. The highest BCUT2D eigenvalue weighted by Crippen LogP contribution is 2.46. The van der Waals surface area contributed by atoms with E-state index in [0.717, 1.165) is 19.4 Å². The van der Waals surface area contributed by atoms with E-state index in [9.17, 15) is 5.26 Å². The molecule has 0 heterocycles. The van der Waals surface area contributed by atoms with Crippen LogP contribution in [0.1, 0.15) is 97.0 Å². The summed E-state index contributed by atoms with van der Waals surface area (Å²) in [5, 5.41) is 9.70. The summed E-state index contributed by atoms with van der Waals surface area (Å²) in [6, 6.07) is 7.49. The van der Waals surface area contributed by atoms with Crippen LogP contribution in [0.5, 0.6) is 5.75 Å². The highest BCUT2D eigenvalue weighted by atomic mass is 28.3. The van der Waals surface area contributed by atoms with E-state index in [4.69, 9.17) is 14.9 Å². The second kappa shape index (κ2) is 15.3.